The summed E-state index contributed by atoms with van der Waals surface area (Å²) in [6, 6.07) is 5.23. The van der Waals surface area contributed by atoms with E-state index in [9.17, 15) is 14.7 Å². The summed E-state index contributed by atoms with van der Waals surface area (Å²) < 4.78 is 5.79. The van der Waals surface area contributed by atoms with E-state index in [2.05, 4.69) is 4.98 Å². The molecule has 10 heteroatoms. The van der Waals surface area contributed by atoms with Crippen molar-refractivity contribution in [1.29, 1.82) is 0 Å². The molecule has 3 aliphatic rings. The predicted molar refractivity (Wildman–Crippen MR) is 154 cm³/mol. The summed E-state index contributed by atoms with van der Waals surface area (Å²) in [6.07, 6.45) is 6.77. The molecule has 7 nitrogen and oxygen atoms in total. The SMILES string of the molecule is CC(C)(C)OC(=O)N1C2CC[C@H]1CC(c1cnc(CCCO)s1)=C2C(=O)N(Cc1cccc(Cl)c1Cl)C1CC1. The fraction of sp³-hybridized carbons (Fsp3) is 0.552. The minimum atomic E-state index is -0.632. The Morgan fingerprint density at radius 3 is 2.67 bits per heavy atom. The third-order valence-corrected chi connectivity index (χ3v) is 9.43. The van der Waals surface area contributed by atoms with Crippen LogP contribution in [-0.2, 0) is 22.5 Å². The van der Waals surface area contributed by atoms with Crippen molar-refractivity contribution >= 4 is 52.1 Å². The number of amides is 2. The summed E-state index contributed by atoms with van der Waals surface area (Å²) in [4.78, 5) is 37.2. The number of carbonyl (C=O) groups excluding carboxylic acids is 2. The predicted octanol–water partition coefficient (Wildman–Crippen LogP) is 6.49. The lowest BCUT2D eigenvalue weighted by Crippen LogP contribution is -2.50. The van der Waals surface area contributed by atoms with Crippen LogP contribution in [0.3, 0.4) is 0 Å². The van der Waals surface area contributed by atoms with Gasteiger partial charge in [0.15, 0.2) is 0 Å². The lowest BCUT2D eigenvalue weighted by Gasteiger charge is -2.39. The molecular formula is C29H35Cl2N3O4S. The van der Waals surface area contributed by atoms with Crippen molar-refractivity contribution < 1.29 is 19.4 Å². The van der Waals surface area contributed by atoms with E-state index in [0.717, 1.165) is 40.3 Å². The number of ether oxygens (including phenoxy) is 1. The zero-order chi connectivity index (χ0) is 27.9. The minimum Gasteiger partial charge on any atom is -0.444 e. The van der Waals surface area contributed by atoms with Gasteiger partial charge in [-0.05, 0) is 76.5 Å². The van der Waals surface area contributed by atoms with Gasteiger partial charge in [0.2, 0.25) is 0 Å². The number of fused-ring (bicyclic) bond motifs is 2. The zero-order valence-corrected chi connectivity index (χ0v) is 24.9. The van der Waals surface area contributed by atoms with E-state index < -0.39 is 5.60 Å². The maximum atomic E-state index is 14.5. The van der Waals surface area contributed by atoms with Crippen LogP contribution in [0.15, 0.2) is 30.0 Å². The Morgan fingerprint density at radius 2 is 1.97 bits per heavy atom. The molecule has 0 spiro atoms. The van der Waals surface area contributed by atoms with Gasteiger partial charge in [-0.3, -0.25) is 9.69 Å². The second-order valence-electron chi connectivity index (χ2n) is 11.6. The van der Waals surface area contributed by atoms with Crippen molar-refractivity contribution in [2.75, 3.05) is 6.61 Å². The Bertz CT molecular complexity index is 1280. The summed E-state index contributed by atoms with van der Waals surface area (Å²) in [6.45, 7) is 6.04. The third-order valence-electron chi connectivity index (χ3n) is 7.46. The van der Waals surface area contributed by atoms with Crippen LogP contribution in [0.4, 0.5) is 4.79 Å². The van der Waals surface area contributed by atoms with Crippen LogP contribution in [-0.4, -0.2) is 62.2 Å². The molecule has 2 amide bonds. The van der Waals surface area contributed by atoms with E-state index in [4.69, 9.17) is 27.9 Å². The largest absolute Gasteiger partial charge is 0.444 e. The molecule has 2 atom stereocenters. The number of aromatic nitrogens is 1. The van der Waals surface area contributed by atoms with Crippen molar-refractivity contribution in [3.63, 3.8) is 0 Å². The Morgan fingerprint density at radius 1 is 1.21 bits per heavy atom. The van der Waals surface area contributed by atoms with Crippen LogP contribution in [0.25, 0.3) is 5.57 Å². The van der Waals surface area contributed by atoms with Gasteiger partial charge in [-0.15, -0.1) is 11.3 Å². The van der Waals surface area contributed by atoms with Crippen LogP contribution in [0, 0.1) is 0 Å². The van der Waals surface area contributed by atoms with E-state index in [0.29, 0.717) is 47.8 Å². The average molecular weight is 593 g/mol. The molecule has 1 saturated heterocycles. The van der Waals surface area contributed by atoms with Crippen molar-refractivity contribution in [3.8, 4) is 0 Å². The first kappa shape index (κ1) is 28.4. The quantitative estimate of drug-likeness (QED) is 0.379. The second kappa shape index (κ2) is 11.4. The molecule has 2 bridgehead atoms. The van der Waals surface area contributed by atoms with Gasteiger partial charge in [0.25, 0.3) is 5.91 Å². The minimum absolute atomic E-state index is 0.0314. The van der Waals surface area contributed by atoms with Crippen molar-refractivity contribution in [1.82, 2.24) is 14.8 Å². The smallest absolute Gasteiger partial charge is 0.411 e. The molecule has 5 rings (SSSR count). The van der Waals surface area contributed by atoms with Crippen molar-refractivity contribution in [2.45, 2.75) is 96.0 Å². The first-order valence-electron chi connectivity index (χ1n) is 13.6. The number of aryl methyl sites for hydroxylation is 1. The molecule has 3 heterocycles. The monoisotopic (exact) mass is 591 g/mol. The topological polar surface area (TPSA) is 83.0 Å². The maximum Gasteiger partial charge on any atom is 0.411 e. The van der Waals surface area contributed by atoms with E-state index in [1.54, 1.807) is 22.3 Å². The number of rotatable bonds is 8. The van der Waals surface area contributed by atoms with Crippen molar-refractivity contribution in [3.05, 3.63) is 55.5 Å². The molecule has 2 aliphatic heterocycles. The van der Waals surface area contributed by atoms with Crippen LogP contribution in [0.2, 0.25) is 10.0 Å². The molecule has 0 radical (unpaired) electrons. The summed E-state index contributed by atoms with van der Waals surface area (Å²) in [7, 11) is 0. The first-order chi connectivity index (χ1) is 18.6. The highest BCUT2D eigenvalue weighted by Crippen LogP contribution is 2.46. The molecule has 1 saturated carbocycles. The Balaban J connectivity index is 1.54. The van der Waals surface area contributed by atoms with Gasteiger partial charge in [0.1, 0.15) is 5.60 Å². The molecule has 1 aromatic heterocycles. The molecule has 2 fully saturated rings. The first-order valence-corrected chi connectivity index (χ1v) is 15.2. The highest BCUT2D eigenvalue weighted by atomic mass is 35.5. The van der Waals surface area contributed by atoms with Crippen LogP contribution in [0.1, 0.15) is 74.7 Å². The van der Waals surface area contributed by atoms with Crippen LogP contribution >= 0.6 is 34.5 Å². The standard InChI is InChI=1S/C29H35Cl2N3O4S/c1-29(2,3)38-28(37)34-19-11-12-22(34)25(20(14-19)23-15-32-24(39-23)8-5-13-35)27(36)33(18-9-10-18)16-17-6-4-7-21(30)26(17)31/h4,6-7,15,18-19,22,35H,5,8-14,16H2,1-3H3/t19-,22?/m0/s1. The van der Waals surface area contributed by atoms with Gasteiger partial charge in [-0.1, -0.05) is 35.3 Å². The average Bonchev–Trinajstić information content (AvgIpc) is 3.52. The highest BCUT2D eigenvalue weighted by molar-refractivity contribution is 7.12. The Hall–Kier alpha value is -2.13. The molecule has 2 aromatic rings. The number of halogens is 2. The molecular weight excluding hydrogens is 557 g/mol. The number of aliphatic hydroxyl groups is 1. The molecule has 39 heavy (non-hydrogen) atoms. The molecule has 1 unspecified atom stereocenters. The number of hydrogen-bond donors (Lipinski definition) is 1. The second-order valence-corrected chi connectivity index (χ2v) is 13.5. The number of nitrogens with zero attached hydrogens (tertiary/aromatic N) is 3. The maximum absolute atomic E-state index is 14.5. The van der Waals surface area contributed by atoms with Crippen LogP contribution < -0.4 is 0 Å². The number of aliphatic hydroxyl groups excluding tert-OH is 1. The fourth-order valence-corrected chi connectivity index (χ4v) is 6.97. The van der Waals surface area contributed by atoms with Gasteiger partial charge >= 0.3 is 6.09 Å². The Labute approximate surface area is 243 Å². The highest BCUT2D eigenvalue weighted by Gasteiger charge is 2.49. The van der Waals surface area contributed by atoms with E-state index in [1.807, 2.05) is 44.0 Å². The summed E-state index contributed by atoms with van der Waals surface area (Å²) in [5.41, 5.74) is 1.81. The van der Waals surface area contributed by atoms with Gasteiger partial charge in [-0.2, -0.15) is 0 Å². The van der Waals surface area contributed by atoms with Gasteiger partial charge in [0.05, 0.1) is 26.0 Å². The number of thiazole rings is 1. The van der Waals surface area contributed by atoms with Gasteiger partial charge in [-0.25, -0.2) is 9.78 Å². The third kappa shape index (κ3) is 6.14. The normalized spacial score (nSPS) is 20.9. The lowest BCUT2D eigenvalue weighted by molar-refractivity contribution is -0.129. The van der Waals surface area contributed by atoms with Crippen molar-refractivity contribution in [2.24, 2.45) is 0 Å². The lowest BCUT2D eigenvalue weighted by atomic mass is 9.91. The number of benzene rings is 1. The zero-order valence-electron chi connectivity index (χ0n) is 22.6. The van der Waals surface area contributed by atoms with E-state index in [1.165, 1.54) is 0 Å². The van der Waals surface area contributed by atoms with Crippen LogP contribution in [0.5, 0.6) is 0 Å². The summed E-state index contributed by atoms with van der Waals surface area (Å²) in [5, 5.41) is 11.1. The van der Waals surface area contributed by atoms with Gasteiger partial charge in [0, 0.05) is 43.4 Å². The molecule has 1 N–H and O–H groups in total. The van der Waals surface area contributed by atoms with E-state index >= 15 is 0 Å². The molecule has 1 aromatic carbocycles. The molecule has 210 valence electrons. The molecule has 1 aliphatic carbocycles. The van der Waals surface area contributed by atoms with E-state index in [-0.39, 0.29) is 36.7 Å². The summed E-state index contributed by atoms with van der Waals surface area (Å²) >= 11 is 14.4. The number of carbonyl (C=O) groups is 2. The summed E-state index contributed by atoms with van der Waals surface area (Å²) in [5.74, 6) is -0.0623. The fourth-order valence-electron chi connectivity index (χ4n) is 5.57. The number of hydrogen-bond acceptors (Lipinski definition) is 6. The Kier molecular flexibility index (Phi) is 8.30. The van der Waals surface area contributed by atoms with Gasteiger partial charge < -0.3 is 14.7 Å².